The minimum absolute atomic E-state index is 0.0299. The first-order chi connectivity index (χ1) is 11.4. The molecule has 0 fully saturated rings. The zero-order valence-corrected chi connectivity index (χ0v) is 14.6. The molecule has 1 amide bonds. The lowest BCUT2D eigenvalue weighted by molar-refractivity contribution is -0.111. The van der Waals surface area contributed by atoms with Gasteiger partial charge in [-0.15, -0.1) is 0 Å². The standard InChI is InChI=1S/C18H15Cl2NO3/c1-11(22)12-3-6-15(7-4-12)21-17(23)8-5-13-9-14(19)10-16(20)18(13)24-2/h3-10H,1-2H3,(H,21,23)/b8-5+. The van der Waals surface area contributed by atoms with Gasteiger partial charge in [-0.25, -0.2) is 0 Å². The van der Waals surface area contributed by atoms with Gasteiger partial charge in [0, 0.05) is 27.9 Å². The Morgan fingerprint density at radius 1 is 1.12 bits per heavy atom. The van der Waals surface area contributed by atoms with Crippen molar-refractivity contribution in [1.82, 2.24) is 0 Å². The second-order valence-electron chi connectivity index (χ2n) is 4.97. The van der Waals surface area contributed by atoms with E-state index in [0.29, 0.717) is 32.6 Å². The first-order valence-electron chi connectivity index (χ1n) is 7.04. The van der Waals surface area contributed by atoms with E-state index >= 15 is 0 Å². The SMILES string of the molecule is COc1c(Cl)cc(Cl)cc1/C=C/C(=O)Nc1ccc(C(C)=O)cc1. The van der Waals surface area contributed by atoms with Crippen molar-refractivity contribution >= 4 is 46.7 Å². The monoisotopic (exact) mass is 363 g/mol. The Morgan fingerprint density at radius 3 is 2.38 bits per heavy atom. The van der Waals surface area contributed by atoms with Crippen molar-refractivity contribution < 1.29 is 14.3 Å². The second kappa shape index (κ2) is 7.99. The van der Waals surface area contributed by atoms with Gasteiger partial charge in [-0.2, -0.15) is 0 Å². The number of carbonyl (C=O) groups is 2. The Hall–Kier alpha value is -2.30. The Balaban J connectivity index is 2.12. The van der Waals surface area contributed by atoms with Crippen molar-refractivity contribution in [2.75, 3.05) is 12.4 Å². The molecule has 0 aliphatic heterocycles. The molecule has 0 spiro atoms. The molecule has 4 nitrogen and oxygen atoms in total. The van der Waals surface area contributed by atoms with Crippen LogP contribution >= 0.6 is 23.2 Å². The number of rotatable bonds is 5. The third-order valence-corrected chi connectivity index (χ3v) is 3.71. The Bertz CT molecular complexity index is 799. The molecule has 6 heteroatoms. The molecular formula is C18H15Cl2NO3. The summed E-state index contributed by atoms with van der Waals surface area (Å²) >= 11 is 12.0. The molecule has 0 bridgehead atoms. The van der Waals surface area contributed by atoms with Gasteiger partial charge in [0.2, 0.25) is 5.91 Å². The van der Waals surface area contributed by atoms with Crippen LogP contribution in [0.5, 0.6) is 5.75 Å². The van der Waals surface area contributed by atoms with Crippen molar-refractivity contribution in [3.05, 3.63) is 63.6 Å². The quantitative estimate of drug-likeness (QED) is 0.609. The van der Waals surface area contributed by atoms with Gasteiger partial charge in [0.25, 0.3) is 0 Å². The highest BCUT2D eigenvalue weighted by molar-refractivity contribution is 6.36. The number of hydrogen-bond donors (Lipinski definition) is 1. The Labute approximate surface area is 150 Å². The van der Waals surface area contributed by atoms with Gasteiger partial charge in [-0.3, -0.25) is 9.59 Å². The fourth-order valence-electron chi connectivity index (χ4n) is 2.06. The lowest BCUT2D eigenvalue weighted by Crippen LogP contribution is -2.07. The van der Waals surface area contributed by atoms with Crippen molar-refractivity contribution in [2.24, 2.45) is 0 Å². The summed E-state index contributed by atoms with van der Waals surface area (Å²) in [5.41, 5.74) is 1.77. The summed E-state index contributed by atoms with van der Waals surface area (Å²) in [6.45, 7) is 1.49. The molecule has 0 atom stereocenters. The van der Waals surface area contributed by atoms with Crippen LogP contribution in [0.15, 0.2) is 42.5 Å². The number of halogens is 2. The number of hydrogen-bond acceptors (Lipinski definition) is 3. The molecule has 0 aliphatic rings. The van der Waals surface area contributed by atoms with Crippen LogP contribution in [0.3, 0.4) is 0 Å². The zero-order chi connectivity index (χ0) is 17.7. The molecule has 0 aliphatic carbocycles. The minimum atomic E-state index is -0.330. The van der Waals surface area contributed by atoms with Crippen LogP contribution in [0, 0.1) is 0 Å². The van der Waals surface area contributed by atoms with Gasteiger partial charge in [-0.1, -0.05) is 23.2 Å². The normalized spacial score (nSPS) is 10.7. The summed E-state index contributed by atoms with van der Waals surface area (Å²) in [7, 11) is 1.49. The highest BCUT2D eigenvalue weighted by Gasteiger charge is 2.08. The Morgan fingerprint density at radius 2 is 1.79 bits per heavy atom. The lowest BCUT2D eigenvalue weighted by atomic mass is 10.1. The van der Waals surface area contributed by atoms with Crippen molar-refractivity contribution in [2.45, 2.75) is 6.92 Å². The molecule has 2 aromatic rings. The Kier molecular flexibility index (Phi) is 6.01. The molecule has 0 saturated heterocycles. The van der Waals surface area contributed by atoms with Crippen LogP contribution in [0.2, 0.25) is 10.0 Å². The summed E-state index contributed by atoms with van der Waals surface area (Å²) in [6.07, 6.45) is 2.92. The summed E-state index contributed by atoms with van der Waals surface area (Å²) in [4.78, 5) is 23.2. The molecule has 0 saturated carbocycles. The number of anilines is 1. The summed E-state index contributed by atoms with van der Waals surface area (Å²) < 4.78 is 5.21. The van der Waals surface area contributed by atoms with E-state index in [9.17, 15) is 9.59 Å². The number of ketones is 1. The average Bonchev–Trinajstić information content (AvgIpc) is 2.53. The number of nitrogens with one attached hydrogen (secondary N) is 1. The number of carbonyl (C=O) groups excluding carboxylic acids is 2. The van der Waals surface area contributed by atoms with E-state index in [0.717, 1.165) is 0 Å². The highest BCUT2D eigenvalue weighted by Crippen LogP contribution is 2.32. The van der Waals surface area contributed by atoms with Gasteiger partial charge < -0.3 is 10.1 Å². The van der Waals surface area contributed by atoms with E-state index in [-0.39, 0.29) is 11.7 Å². The highest BCUT2D eigenvalue weighted by atomic mass is 35.5. The van der Waals surface area contributed by atoms with Crippen molar-refractivity contribution in [3.63, 3.8) is 0 Å². The third kappa shape index (κ3) is 4.60. The molecule has 0 aromatic heterocycles. The topological polar surface area (TPSA) is 55.4 Å². The van der Waals surface area contributed by atoms with Crippen molar-refractivity contribution in [3.8, 4) is 5.75 Å². The smallest absolute Gasteiger partial charge is 0.248 e. The predicted octanol–water partition coefficient (Wildman–Crippen LogP) is 4.86. The van der Waals surface area contributed by atoms with E-state index in [2.05, 4.69) is 5.32 Å². The number of methoxy groups -OCH3 is 1. The number of ether oxygens (including phenoxy) is 1. The van der Waals surface area contributed by atoms with Crippen LogP contribution in [0.1, 0.15) is 22.8 Å². The molecule has 1 N–H and O–H groups in total. The van der Waals surface area contributed by atoms with E-state index in [1.807, 2.05) is 0 Å². The molecule has 0 unspecified atom stereocenters. The van der Waals surface area contributed by atoms with Gasteiger partial charge in [0.15, 0.2) is 5.78 Å². The number of benzene rings is 2. The van der Waals surface area contributed by atoms with Crippen LogP contribution in [0.4, 0.5) is 5.69 Å². The summed E-state index contributed by atoms with van der Waals surface area (Å²) in [5, 5.41) is 3.51. The fourth-order valence-corrected chi connectivity index (χ4v) is 2.64. The van der Waals surface area contributed by atoms with Crippen LogP contribution in [0.25, 0.3) is 6.08 Å². The molecule has 0 heterocycles. The molecule has 124 valence electrons. The van der Waals surface area contributed by atoms with Gasteiger partial charge >= 0.3 is 0 Å². The first-order valence-corrected chi connectivity index (χ1v) is 7.79. The number of Topliss-reactive ketones (excluding diaryl/α,β-unsaturated/α-hetero) is 1. The zero-order valence-electron chi connectivity index (χ0n) is 13.1. The van der Waals surface area contributed by atoms with Crippen LogP contribution in [-0.2, 0) is 4.79 Å². The van der Waals surface area contributed by atoms with E-state index in [1.54, 1.807) is 42.5 Å². The molecular weight excluding hydrogens is 349 g/mol. The third-order valence-electron chi connectivity index (χ3n) is 3.21. The molecule has 2 rings (SSSR count). The van der Waals surface area contributed by atoms with Gasteiger partial charge in [-0.05, 0) is 49.4 Å². The first kappa shape index (κ1) is 18.0. The van der Waals surface area contributed by atoms with Gasteiger partial charge in [0.1, 0.15) is 5.75 Å². The van der Waals surface area contributed by atoms with Crippen LogP contribution in [-0.4, -0.2) is 18.8 Å². The maximum Gasteiger partial charge on any atom is 0.248 e. The van der Waals surface area contributed by atoms with E-state index in [4.69, 9.17) is 27.9 Å². The maximum atomic E-state index is 12.0. The fraction of sp³-hybridized carbons (Fsp3) is 0.111. The predicted molar refractivity (Wildman–Crippen MR) is 97.1 cm³/mol. The van der Waals surface area contributed by atoms with Crippen LogP contribution < -0.4 is 10.1 Å². The second-order valence-corrected chi connectivity index (χ2v) is 5.81. The van der Waals surface area contributed by atoms with Crippen molar-refractivity contribution in [1.29, 1.82) is 0 Å². The maximum absolute atomic E-state index is 12.0. The minimum Gasteiger partial charge on any atom is -0.495 e. The van der Waals surface area contributed by atoms with E-state index in [1.165, 1.54) is 20.1 Å². The number of amides is 1. The van der Waals surface area contributed by atoms with Gasteiger partial charge in [0.05, 0.1) is 12.1 Å². The lowest BCUT2D eigenvalue weighted by Gasteiger charge is -2.08. The largest absolute Gasteiger partial charge is 0.495 e. The summed E-state index contributed by atoms with van der Waals surface area (Å²) in [5.74, 6) is 0.0809. The van der Waals surface area contributed by atoms with E-state index < -0.39 is 0 Å². The average molecular weight is 364 g/mol. The molecule has 2 aromatic carbocycles. The molecule has 0 radical (unpaired) electrons. The molecule has 24 heavy (non-hydrogen) atoms. The summed E-state index contributed by atoms with van der Waals surface area (Å²) in [6, 6.07) is 9.86.